The van der Waals surface area contributed by atoms with E-state index >= 15 is 0 Å². The highest BCUT2D eigenvalue weighted by Crippen LogP contribution is 2.36. The largest absolute Gasteiger partial charge is 0.349 e. The third-order valence-corrected chi connectivity index (χ3v) is 5.30. The number of hydrogen-bond donors (Lipinski definition) is 1. The molecule has 9 heteroatoms. The number of thioether (sulfide) groups is 1. The standard InChI is InChI=1S/C18H17F2N5S.HI/c1-26-17(21)13-10-22-25-8-6-16(23-18(13)25)24-7-2-3-15(24)12-9-11(19)4-5-14(12)20;/h4-6,8-10,15,21H,2-3,7H2,1H3;1H/t15-;/m1./s1. The van der Waals surface area contributed by atoms with Gasteiger partial charge in [0.05, 0.1) is 22.8 Å². The number of halogens is 3. The van der Waals surface area contributed by atoms with E-state index in [9.17, 15) is 8.78 Å². The average Bonchev–Trinajstić information content (AvgIpc) is 3.29. The van der Waals surface area contributed by atoms with Gasteiger partial charge in [0, 0.05) is 18.3 Å². The van der Waals surface area contributed by atoms with Gasteiger partial charge in [-0.25, -0.2) is 18.3 Å². The zero-order chi connectivity index (χ0) is 18.3. The van der Waals surface area contributed by atoms with Gasteiger partial charge in [0.2, 0.25) is 0 Å². The van der Waals surface area contributed by atoms with Crippen molar-refractivity contribution >= 4 is 52.2 Å². The van der Waals surface area contributed by atoms with Crippen molar-refractivity contribution in [3.63, 3.8) is 0 Å². The van der Waals surface area contributed by atoms with Gasteiger partial charge in [0.15, 0.2) is 5.65 Å². The van der Waals surface area contributed by atoms with Crippen LogP contribution in [-0.2, 0) is 0 Å². The monoisotopic (exact) mass is 501 g/mol. The minimum absolute atomic E-state index is 0. The first-order valence-electron chi connectivity index (χ1n) is 8.27. The third-order valence-electron chi connectivity index (χ3n) is 4.67. The van der Waals surface area contributed by atoms with Crippen LogP contribution in [0, 0.1) is 17.0 Å². The Morgan fingerprint density at radius 3 is 2.89 bits per heavy atom. The summed E-state index contributed by atoms with van der Waals surface area (Å²) in [4.78, 5) is 6.67. The van der Waals surface area contributed by atoms with Crippen molar-refractivity contribution in [2.75, 3.05) is 17.7 Å². The maximum atomic E-state index is 14.3. The number of aromatic nitrogens is 3. The SMILES string of the molecule is CSC(=N)c1cnn2ccc(N3CCC[C@@H]3c3cc(F)ccc3F)nc12.I. The van der Waals surface area contributed by atoms with Crippen LogP contribution in [0.15, 0.2) is 36.7 Å². The van der Waals surface area contributed by atoms with Gasteiger partial charge in [0.1, 0.15) is 17.5 Å². The molecule has 3 aromatic rings. The van der Waals surface area contributed by atoms with Crippen molar-refractivity contribution in [3.8, 4) is 0 Å². The Morgan fingerprint density at radius 2 is 2.11 bits per heavy atom. The minimum atomic E-state index is -0.442. The molecule has 1 aliphatic heterocycles. The van der Waals surface area contributed by atoms with E-state index < -0.39 is 11.6 Å². The van der Waals surface area contributed by atoms with Crippen LogP contribution in [0.25, 0.3) is 5.65 Å². The maximum Gasteiger partial charge on any atom is 0.167 e. The van der Waals surface area contributed by atoms with Crippen molar-refractivity contribution in [3.05, 3.63) is 59.4 Å². The van der Waals surface area contributed by atoms with Crippen LogP contribution in [0.2, 0.25) is 0 Å². The minimum Gasteiger partial charge on any atom is -0.349 e. The molecular formula is C18H18F2IN5S. The lowest BCUT2D eigenvalue weighted by atomic mass is 10.0. The van der Waals surface area contributed by atoms with E-state index in [1.54, 1.807) is 16.9 Å². The van der Waals surface area contributed by atoms with E-state index in [0.29, 0.717) is 34.2 Å². The fourth-order valence-electron chi connectivity index (χ4n) is 3.42. The summed E-state index contributed by atoms with van der Waals surface area (Å²) in [6.45, 7) is 0.716. The van der Waals surface area contributed by atoms with E-state index in [1.807, 2.05) is 17.2 Å². The van der Waals surface area contributed by atoms with Crippen molar-refractivity contribution in [2.45, 2.75) is 18.9 Å². The van der Waals surface area contributed by atoms with Crippen LogP contribution >= 0.6 is 35.7 Å². The summed E-state index contributed by atoms with van der Waals surface area (Å²) < 4.78 is 29.5. The van der Waals surface area contributed by atoms with Gasteiger partial charge in [-0.05, 0) is 43.4 Å². The van der Waals surface area contributed by atoms with E-state index in [2.05, 4.69) is 10.1 Å². The first-order chi connectivity index (χ1) is 12.6. The smallest absolute Gasteiger partial charge is 0.167 e. The lowest BCUT2D eigenvalue weighted by Gasteiger charge is -2.26. The first-order valence-corrected chi connectivity index (χ1v) is 9.50. The molecule has 2 aromatic heterocycles. The molecule has 1 fully saturated rings. The Labute approximate surface area is 176 Å². The van der Waals surface area contributed by atoms with E-state index in [4.69, 9.17) is 5.41 Å². The highest BCUT2D eigenvalue weighted by Gasteiger charge is 2.30. The van der Waals surface area contributed by atoms with Crippen LogP contribution in [0.5, 0.6) is 0 Å². The Balaban J connectivity index is 0.00000210. The maximum absolute atomic E-state index is 14.3. The Kier molecular flexibility index (Phi) is 5.99. The van der Waals surface area contributed by atoms with E-state index in [1.165, 1.54) is 23.9 Å². The molecule has 5 nitrogen and oxygen atoms in total. The Morgan fingerprint density at radius 1 is 1.30 bits per heavy atom. The van der Waals surface area contributed by atoms with Crippen molar-refractivity contribution in [1.29, 1.82) is 5.41 Å². The van der Waals surface area contributed by atoms with Gasteiger partial charge in [-0.1, -0.05) is 0 Å². The normalized spacial score (nSPS) is 16.6. The predicted octanol–water partition coefficient (Wildman–Crippen LogP) is 4.66. The fraction of sp³-hybridized carbons (Fsp3) is 0.278. The predicted molar refractivity (Wildman–Crippen MR) is 114 cm³/mol. The van der Waals surface area contributed by atoms with Gasteiger partial charge >= 0.3 is 0 Å². The molecule has 1 atom stereocenters. The molecule has 0 amide bonds. The number of hydrogen-bond acceptors (Lipinski definition) is 5. The Hall–Kier alpha value is -1.75. The number of benzene rings is 1. The lowest BCUT2D eigenvalue weighted by Crippen LogP contribution is -2.24. The highest BCUT2D eigenvalue weighted by atomic mass is 127. The van der Waals surface area contributed by atoms with Gasteiger partial charge in [-0.3, -0.25) is 5.41 Å². The van der Waals surface area contributed by atoms with Crippen molar-refractivity contribution < 1.29 is 8.78 Å². The van der Waals surface area contributed by atoms with Crippen LogP contribution in [0.3, 0.4) is 0 Å². The summed E-state index contributed by atoms with van der Waals surface area (Å²) in [7, 11) is 0. The summed E-state index contributed by atoms with van der Waals surface area (Å²) in [5, 5.41) is 12.7. The Bertz CT molecular complexity index is 993. The van der Waals surface area contributed by atoms with Crippen LogP contribution in [0.1, 0.15) is 30.0 Å². The second kappa shape index (κ2) is 8.09. The second-order valence-electron chi connectivity index (χ2n) is 6.16. The number of fused-ring (bicyclic) bond motifs is 1. The zero-order valence-electron chi connectivity index (χ0n) is 14.5. The zero-order valence-corrected chi connectivity index (χ0v) is 17.7. The van der Waals surface area contributed by atoms with E-state index in [0.717, 1.165) is 18.9 Å². The molecule has 0 radical (unpaired) electrons. The average molecular weight is 501 g/mol. The molecule has 0 aliphatic carbocycles. The van der Waals surface area contributed by atoms with E-state index in [-0.39, 0.29) is 30.0 Å². The first kappa shape index (κ1) is 20.0. The molecular weight excluding hydrogens is 483 g/mol. The van der Waals surface area contributed by atoms with Crippen LogP contribution in [-0.4, -0.2) is 32.4 Å². The van der Waals surface area contributed by atoms with Gasteiger partial charge in [-0.2, -0.15) is 5.10 Å². The van der Waals surface area contributed by atoms with Crippen molar-refractivity contribution in [2.24, 2.45) is 0 Å². The molecule has 0 saturated carbocycles. The summed E-state index contributed by atoms with van der Waals surface area (Å²) in [6.07, 6.45) is 6.85. The lowest BCUT2D eigenvalue weighted by molar-refractivity contribution is 0.560. The highest BCUT2D eigenvalue weighted by molar-refractivity contribution is 14.0. The molecule has 4 rings (SSSR count). The molecule has 1 saturated heterocycles. The van der Waals surface area contributed by atoms with Crippen molar-refractivity contribution in [1.82, 2.24) is 14.6 Å². The van der Waals surface area contributed by atoms with Gasteiger partial charge < -0.3 is 4.90 Å². The van der Waals surface area contributed by atoms with Gasteiger partial charge in [-0.15, -0.1) is 35.7 Å². The second-order valence-corrected chi connectivity index (χ2v) is 6.98. The molecule has 27 heavy (non-hydrogen) atoms. The quantitative estimate of drug-likeness (QED) is 0.323. The topological polar surface area (TPSA) is 57.3 Å². The summed E-state index contributed by atoms with van der Waals surface area (Å²) >= 11 is 1.32. The number of rotatable bonds is 3. The summed E-state index contributed by atoms with van der Waals surface area (Å²) in [5.74, 6) is -0.166. The summed E-state index contributed by atoms with van der Waals surface area (Å²) in [6, 6.07) is 5.14. The molecule has 3 heterocycles. The number of anilines is 1. The van der Waals surface area contributed by atoms with Crippen LogP contribution in [0.4, 0.5) is 14.6 Å². The molecule has 142 valence electrons. The molecule has 1 aliphatic rings. The third kappa shape index (κ3) is 3.66. The molecule has 0 spiro atoms. The fourth-order valence-corrected chi connectivity index (χ4v) is 3.79. The molecule has 1 aromatic carbocycles. The number of nitrogens with zero attached hydrogens (tertiary/aromatic N) is 4. The number of nitrogens with one attached hydrogen (secondary N) is 1. The molecule has 0 unspecified atom stereocenters. The van der Waals surface area contributed by atoms with Crippen LogP contribution < -0.4 is 4.90 Å². The summed E-state index contributed by atoms with van der Waals surface area (Å²) in [5.41, 5.74) is 1.61. The molecule has 0 bridgehead atoms. The van der Waals surface area contributed by atoms with Gasteiger partial charge in [0.25, 0.3) is 0 Å². The molecule has 1 N–H and O–H groups in total.